The molecule has 0 saturated carbocycles. The number of esters is 1. The van der Waals surface area contributed by atoms with Crippen molar-refractivity contribution < 1.29 is 19.1 Å². The summed E-state index contributed by atoms with van der Waals surface area (Å²) < 4.78 is 10.8. The molecule has 1 aliphatic rings. The Labute approximate surface area is 209 Å². The van der Waals surface area contributed by atoms with E-state index in [-0.39, 0.29) is 11.9 Å². The standard InChI is InChI=1S/C28H26N4O4/c1-4-32-25-23(27(33)31(2)24-6-5-12-29-26(24)32)14-18(17-30-25)11-13-36-22-10-9-19-15-21(28(34)35-3)8-7-20(19)16-22/h5-10,12,14-17H,4,11,13H2,1-3H3. The quantitative estimate of drug-likeness (QED) is 0.366. The number of ether oxygens (including phenoxy) is 2. The molecular formula is C28H26N4O4. The minimum atomic E-state index is -0.363. The van der Waals surface area contributed by atoms with E-state index in [2.05, 4.69) is 9.97 Å². The fraction of sp³-hybridized carbons (Fsp3) is 0.214. The van der Waals surface area contributed by atoms with Crippen LogP contribution in [0.4, 0.5) is 17.3 Å². The molecule has 1 amide bonds. The van der Waals surface area contributed by atoms with Gasteiger partial charge in [0.2, 0.25) is 0 Å². The summed E-state index contributed by atoms with van der Waals surface area (Å²) in [5.41, 5.74) is 2.72. The SMILES string of the molecule is CCN1c2ncc(CCOc3ccc4cc(C(=O)OC)ccc4c3)cc2C(=O)N(C)c2cccnc21. The number of rotatable bonds is 6. The van der Waals surface area contributed by atoms with Crippen LogP contribution in [0.1, 0.15) is 33.2 Å². The van der Waals surface area contributed by atoms with E-state index in [1.807, 2.05) is 54.3 Å². The number of fused-ring (bicyclic) bond motifs is 3. The number of pyridine rings is 2. The predicted octanol–water partition coefficient (Wildman–Crippen LogP) is 4.79. The van der Waals surface area contributed by atoms with Crippen molar-refractivity contribution in [1.29, 1.82) is 0 Å². The number of carbonyl (C=O) groups excluding carboxylic acids is 2. The summed E-state index contributed by atoms with van der Waals surface area (Å²) in [5, 5.41) is 1.90. The molecule has 0 radical (unpaired) electrons. The molecule has 36 heavy (non-hydrogen) atoms. The highest BCUT2D eigenvalue weighted by molar-refractivity contribution is 6.12. The number of anilines is 3. The van der Waals surface area contributed by atoms with Crippen LogP contribution >= 0.6 is 0 Å². The molecule has 0 spiro atoms. The molecule has 0 fully saturated rings. The molecule has 0 atom stereocenters. The van der Waals surface area contributed by atoms with E-state index in [4.69, 9.17) is 9.47 Å². The molecule has 5 rings (SSSR count). The number of nitrogens with zero attached hydrogens (tertiary/aromatic N) is 4. The summed E-state index contributed by atoms with van der Waals surface area (Å²) in [7, 11) is 3.13. The number of aromatic nitrogens is 2. The van der Waals surface area contributed by atoms with Crippen LogP contribution < -0.4 is 14.5 Å². The summed E-state index contributed by atoms with van der Waals surface area (Å²) in [6.07, 6.45) is 4.11. The number of hydrogen-bond acceptors (Lipinski definition) is 7. The zero-order valence-corrected chi connectivity index (χ0v) is 20.4. The molecule has 8 nitrogen and oxygen atoms in total. The van der Waals surface area contributed by atoms with Crippen molar-refractivity contribution in [3.63, 3.8) is 0 Å². The summed E-state index contributed by atoms with van der Waals surface area (Å²) >= 11 is 0. The van der Waals surface area contributed by atoms with Gasteiger partial charge in [-0.1, -0.05) is 12.1 Å². The van der Waals surface area contributed by atoms with Crippen LogP contribution in [0.3, 0.4) is 0 Å². The second-order valence-corrected chi connectivity index (χ2v) is 8.48. The molecule has 182 valence electrons. The molecule has 4 aromatic rings. The first kappa shape index (κ1) is 23.3. The van der Waals surface area contributed by atoms with E-state index >= 15 is 0 Å². The van der Waals surface area contributed by atoms with Gasteiger partial charge in [-0.05, 0) is 65.7 Å². The van der Waals surface area contributed by atoms with E-state index in [0.29, 0.717) is 42.3 Å². The topological polar surface area (TPSA) is 84.9 Å². The van der Waals surface area contributed by atoms with Crippen molar-refractivity contribution in [3.05, 3.63) is 83.7 Å². The van der Waals surface area contributed by atoms with E-state index in [0.717, 1.165) is 27.8 Å². The Morgan fingerprint density at radius 1 is 1.00 bits per heavy atom. The molecule has 0 N–H and O–H groups in total. The fourth-order valence-electron chi connectivity index (χ4n) is 4.40. The van der Waals surface area contributed by atoms with Gasteiger partial charge in [0.25, 0.3) is 5.91 Å². The maximum Gasteiger partial charge on any atom is 0.337 e. The molecule has 8 heteroatoms. The number of hydrogen-bond donors (Lipinski definition) is 0. The second kappa shape index (κ2) is 9.65. The van der Waals surface area contributed by atoms with E-state index in [1.165, 1.54) is 7.11 Å². The Bertz CT molecular complexity index is 1470. The third kappa shape index (κ3) is 4.22. The van der Waals surface area contributed by atoms with Crippen LogP contribution in [0.25, 0.3) is 10.8 Å². The average Bonchev–Trinajstić information content (AvgIpc) is 3.00. The minimum absolute atomic E-state index is 0.119. The van der Waals surface area contributed by atoms with Crippen molar-refractivity contribution in [2.45, 2.75) is 13.3 Å². The number of methoxy groups -OCH3 is 1. The van der Waals surface area contributed by atoms with Gasteiger partial charge in [0.05, 0.1) is 30.5 Å². The summed E-state index contributed by atoms with van der Waals surface area (Å²) in [6, 6.07) is 16.8. The molecule has 0 bridgehead atoms. The van der Waals surface area contributed by atoms with Gasteiger partial charge in [0, 0.05) is 32.4 Å². The molecule has 0 saturated heterocycles. The number of benzene rings is 2. The van der Waals surface area contributed by atoms with Crippen LogP contribution in [0.2, 0.25) is 0 Å². The van der Waals surface area contributed by atoms with Crippen molar-refractivity contribution in [1.82, 2.24) is 9.97 Å². The average molecular weight is 483 g/mol. The van der Waals surface area contributed by atoms with Gasteiger partial charge in [-0.25, -0.2) is 14.8 Å². The molecular weight excluding hydrogens is 456 g/mol. The first-order valence-electron chi connectivity index (χ1n) is 11.7. The van der Waals surface area contributed by atoms with Crippen LogP contribution in [-0.4, -0.2) is 49.2 Å². The normalized spacial score (nSPS) is 12.7. The van der Waals surface area contributed by atoms with Gasteiger partial charge >= 0.3 is 5.97 Å². The van der Waals surface area contributed by atoms with Crippen molar-refractivity contribution >= 4 is 40.0 Å². The van der Waals surface area contributed by atoms with Gasteiger partial charge in [0.15, 0.2) is 5.82 Å². The van der Waals surface area contributed by atoms with Gasteiger partial charge < -0.3 is 19.3 Å². The third-order valence-electron chi connectivity index (χ3n) is 6.31. The predicted molar refractivity (Wildman–Crippen MR) is 138 cm³/mol. The van der Waals surface area contributed by atoms with Crippen LogP contribution in [-0.2, 0) is 11.2 Å². The van der Waals surface area contributed by atoms with E-state index < -0.39 is 0 Å². The molecule has 2 aromatic heterocycles. The largest absolute Gasteiger partial charge is 0.493 e. The maximum absolute atomic E-state index is 13.3. The van der Waals surface area contributed by atoms with Crippen molar-refractivity contribution in [2.75, 3.05) is 37.1 Å². The smallest absolute Gasteiger partial charge is 0.337 e. The van der Waals surface area contributed by atoms with Gasteiger partial charge in [-0.3, -0.25) is 4.79 Å². The minimum Gasteiger partial charge on any atom is -0.493 e. The molecule has 1 aliphatic heterocycles. The lowest BCUT2D eigenvalue weighted by Gasteiger charge is -2.22. The third-order valence-corrected chi connectivity index (χ3v) is 6.31. The number of amides is 1. The Hall–Kier alpha value is -4.46. The lowest BCUT2D eigenvalue weighted by molar-refractivity contribution is 0.0600. The van der Waals surface area contributed by atoms with Crippen molar-refractivity contribution in [2.24, 2.45) is 0 Å². The highest BCUT2D eigenvalue weighted by atomic mass is 16.5. The summed E-state index contributed by atoms with van der Waals surface area (Å²) in [4.78, 5) is 37.8. The lowest BCUT2D eigenvalue weighted by atomic mass is 10.1. The highest BCUT2D eigenvalue weighted by Gasteiger charge is 2.30. The fourth-order valence-corrected chi connectivity index (χ4v) is 4.40. The van der Waals surface area contributed by atoms with Gasteiger partial charge in [-0.15, -0.1) is 0 Å². The highest BCUT2D eigenvalue weighted by Crippen LogP contribution is 2.37. The van der Waals surface area contributed by atoms with Gasteiger partial charge in [-0.2, -0.15) is 0 Å². The van der Waals surface area contributed by atoms with Crippen LogP contribution in [0.15, 0.2) is 67.0 Å². The molecule has 2 aromatic carbocycles. The Morgan fingerprint density at radius 2 is 1.81 bits per heavy atom. The maximum atomic E-state index is 13.3. The zero-order valence-electron chi connectivity index (χ0n) is 20.4. The molecule has 3 heterocycles. The molecule has 0 aliphatic carbocycles. The second-order valence-electron chi connectivity index (χ2n) is 8.48. The number of carbonyl (C=O) groups is 2. The molecule has 0 unspecified atom stereocenters. The van der Waals surface area contributed by atoms with E-state index in [1.54, 1.807) is 36.5 Å². The first-order valence-corrected chi connectivity index (χ1v) is 11.7. The Morgan fingerprint density at radius 3 is 2.61 bits per heavy atom. The summed E-state index contributed by atoms with van der Waals surface area (Å²) in [6.45, 7) is 3.08. The van der Waals surface area contributed by atoms with Crippen LogP contribution in [0.5, 0.6) is 5.75 Å². The van der Waals surface area contributed by atoms with Gasteiger partial charge in [0.1, 0.15) is 11.6 Å². The van der Waals surface area contributed by atoms with E-state index in [9.17, 15) is 9.59 Å². The zero-order chi connectivity index (χ0) is 25.2. The Kier molecular flexibility index (Phi) is 6.25. The monoisotopic (exact) mass is 482 g/mol. The Balaban J connectivity index is 1.33. The summed E-state index contributed by atoms with van der Waals surface area (Å²) in [5.74, 6) is 1.57. The van der Waals surface area contributed by atoms with Crippen LogP contribution in [0, 0.1) is 0 Å². The first-order chi connectivity index (χ1) is 17.5. The lowest BCUT2D eigenvalue weighted by Crippen LogP contribution is -2.25. The van der Waals surface area contributed by atoms with Crippen molar-refractivity contribution in [3.8, 4) is 5.75 Å².